The molecular weight excluding hydrogens is 217 g/mol. The second-order valence-electron chi connectivity index (χ2n) is 4.90. The molecule has 0 bridgehead atoms. The normalized spacial score (nSPS) is 26.8. The summed E-state index contributed by atoms with van der Waals surface area (Å²) < 4.78 is 38.0. The van der Waals surface area contributed by atoms with Gasteiger partial charge in [-0.3, -0.25) is 4.99 Å². The Bertz CT molecular complexity index is 286. The van der Waals surface area contributed by atoms with Gasteiger partial charge in [-0.05, 0) is 25.7 Å². The summed E-state index contributed by atoms with van der Waals surface area (Å²) in [5.74, 6) is 0.308. The van der Waals surface area contributed by atoms with Crippen LogP contribution >= 0.6 is 0 Å². The van der Waals surface area contributed by atoms with Gasteiger partial charge in [0.2, 0.25) is 0 Å². The van der Waals surface area contributed by atoms with Gasteiger partial charge in [0.15, 0.2) is 5.54 Å². The number of amidine groups is 1. The molecule has 5 heteroatoms. The number of hydrogen-bond acceptors (Lipinski definition) is 1. The zero-order valence-electron chi connectivity index (χ0n) is 9.19. The van der Waals surface area contributed by atoms with Gasteiger partial charge in [-0.15, -0.1) is 0 Å². The molecule has 2 saturated carbocycles. The molecule has 2 rings (SSSR count). The molecule has 0 radical (unpaired) electrons. The van der Waals surface area contributed by atoms with Crippen LogP contribution in [0.1, 0.15) is 44.9 Å². The minimum atomic E-state index is -4.23. The van der Waals surface area contributed by atoms with Crippen molar-refractivity contribution in [3.05, 3.63) is 0 Å². The molecule has 0 unspecified atom stereocenters. The molecule has 0 heterocycles. The van der Waals surface area contributed by atoms with Gasteiger partial charge in [-0.1, -0.05) is 19.3 Å². The van der Waals surface area contributed by atoms with Gasteiger partial charge in [0, 0.05) is 5.92 Å². The molecule has 92 valence electrons. The molecule has 2 aliphatic carbocycles. The highest BCUT2D eigenvalue weighted by Crippen LogP contribution is 2.52. The maximum absolute atomic E-state index is 12.7. The summed E-state index contributed by atoms with van der Waals surface area (Å²) in [7, 11) is 0. The van der Waals surface area contributed by atoms with Crippen LogP contribution in [0.25, 0.3) is 0 Å². The molecular formula is C11H17F3N2. The van der Waals surface area contributed by atoms with E-state index in [2.05, 4.69) is 4.99 Å². The molecule has 16 heavy (non-hydrogen) atoms. The van der Waals surface area contributed by atoms with E-state index in [1.54, 1.807) is 0 Å². The van der Waals surface area contributed by atoms with Crippen LogP contribution in [0.2, 0.25) is 0 Å². The standard InChI is InChI=1S/C11H17F3N2/c12-11(13,14)10(6-7-10)16-9(15)8-4-2-1-3-5-8/h8H,1-7H2,(H2,15,16). The third kappa shape index (κ3) is 2.18. The maximum atomic E-state index is 12.7. The van der Waals surface area contributed by atoms with Crippen molar-refractivity contribution >= 4 is 5.84 Å². The van der Waals surface area contributed by atoms with Gasteiger partial charge in [0.1, 0.15) is 0 Å². The van der Waals surface area contributed by atoms with E-state index in [1.807, 2.05) is 0 Å². The average Bonchev–Trinajstić information content (AvgIpc) is 2.99. The highest BCUT2D eigenvalue weighted by atomic mass is 19.4. The molecule has 2 N–H and O–H groups in total. The van der Waals surface area contributed by atoms with E-state index >= 15 is 0 Å². The summed E-state index contributed by atoms with van der Waals surface area (Å²) in [4.78, 5) is 3.78. The number of nitrogens with zero attached hydrogens (tertiary/aromatic N) is 1. The zero-order valence-corrected chi connectivity index (χ0v) is 9.19. The fraction of sp³-hybridized carbons (Fsp3) is 0.909. The van der Waals surface area contributed by atoms with Crippen LogP contribution in [-0.2, 0) is 0 Å². The van der Waals surface area contributed by atoms with Crippen molar-refractivity contribution in [1.82, 2.24) is 0 Å². The molecule has 2 nitrogen and oxygen atoms in total. The largest absolute Gasteiger partial charge is 0.413 e. The fourth-order valence-corrected chi connectivity index (χ4v) is 2.31. The van der Waals surface area contributed by atoms with Crippen molar-refractivity contribution in [3.63, 3.8) is 0 Å². The number of nitrogens with two attached hydrogens (primary N) is 1. The van der Waals surface area contributed by atoms with Crippen LogP contribution < -0.4 is 5.73 Å². The number of halogens is 3. The van der Waals surface area contributed by atoms with Gasteiger partial charge < -0.3 is 5.73 Å². The molecule has 0 aliphatic heterocycles. The minimum Gasteiger partial charge on any atom is -0.387 e. The van der Waals surface area contributed by atoms with E-state index in [-0.39, 0.29) is 24.6 Å². The molecule has 0 spiro atoms. The highest BCUT2D eigenvalue weighted by Gasteiger charge is 2.64. The SMILES string of the molecule is NC(=NC1(C(F)(F)F)CC1)C1CCCCC1. The topological polar surface area (TPSA) is 38.4 Å². The van der Waals surface area contributed by atoms with Crippen molar-refractivity contribution in [2.75, 3.05) is 0 Å². The fourth-order valence-electron chi connectivity index (χ4n) is 2.31. The molecule has 0 aromatic carbocycles. The lowest BCUT2D eigenvalue weighted by Crippen LogP contribution is -2.35. The summed E-state index contributed by atoms with van der Waals surface area (Å²) in [6.07, 6.45) is 1.03. The summed E-state index contributed by atoms with van der Waals surface area (Å²) in [6, 6.07) is 0. The molecule has 0 aromatic heterocycles. The molecule has 2 fully saturated rings. The lowest BCUT2D eigenvalue weighted by atomic mass is 9.88. The Morgan fingerprint density at radius 2 is 1.69 bits per heavy atom. The second kappa shape index (κ2) is 3.93. The zero-order chi connectivity index (χ0) is 11.8. The van der Waals surface area contributed by atoms with Crippen LogP contribution in [0, 0.1) is 5.92 Å². The van der Waals surface area contributed by atoms with E-state index in [0.717, 1.165) is 32.1 Å². The Hall–Kier alpha value is -0.740. The van der Waals surface area contributed by atoms with Gasteiger partial charge in [-0.2, -0.15) is 13.2 Å². The van der Waals surface area contributed by atoms with E-state index < -0.39 is 11.7 Å². The lowest BCUT2D eigenvalue weighted by Gasteiger charge is -2.23. The monoisotopic (exact) mass is 234 g/mol. The first-order valence-corrected chi connectivity index (χ1v) is 5.87. The molecule has 0 saturated heterocycles. The van der Waals surface area contributed by atoms with E-state index in [4.69, 9.17) is 5.73 Å². The minimum absolute atomic E-state index is 0.0774. The van der Waals surface area contributed by atoms with Crippen LogP contribution in [-0.4, -0.2) is 17.6 Å². The Morgan fingerprint density at radius 3 is 2.12 bits per heavy atom. The first-order valence-electron chi connectivity index (χ1n) is 5.87. The van der Waals surface area contributed by atoms with Crippen molar-refractivity contribution in [2.24, 2.45) is 16.6 Å². The molecule has 0 aromatic rings. The Labute approximate surface area is 93.1 Å². The third-order valence-electron chi connectivity index (χ3n) is 3.62. The quantitative estimate of drug-likeness (QED) is 0.579. The third-order valence-corrected chi connectivity index (χ3v) is 3.62. The van der Waals surface area contributed by atoms with Crippen LogP contribution in [0.15, 0.2) is 4.99 Å². The van der Waals surface area contributed by atoms with Crippen LogP contribution in [0.3, 0.4) is 0 Å². The van der Waals surface area contributed by atoms with Gasteiger partial charge in [0.05, 0.1) is 5.84 Å². The van der Waals surface area contributed by atoms with E-state index in [0.29, 0.717) is 0 Å². The maximum Gasteiger partial charge on any atom is 0.413 e. The van der Waals surface area contributed by atoms with Gasteiger partial charge in [-0.25, -0.2) is 0 Å². The first-order chi connectivity index (χ1) is 7.45. The van der Waals surface area contributed by atoms with E-state index in [1.165, 1.54) is 0 Å². The smallest absolute Gasteiger partial charge is 0.387 e. The van der Waals surface area contributed by atoms with E-state index in [9.17, 15) is 13.2 Å². The van der Waals surface area contributed by atoms with Crippen molar-refractivity contribution in [2.45, 2.75) is 56.7 Å². The molecule has 0 amide bonds. The molecule has 0 atom stereocenters. The predicted molar refractivity (Wildman–Crippen MR) is 56.2 cm³/mol. The number of hydrogen-bond donors (Lipinski definition) is 1. The second-order valence-corrected chi connectivity index (χ2v) is 4.90. The summed E-state index contributed by atoms with van der Waals surface area (Å²) >= 11 is 0. The number of rotatable bonds is 2. The summed E-state index contributed by atoms with van der Waals surface area (Å²) in [5.41, 5.74) is 3.90. The van der Waals surface area contributed by atoms with Crippen LogP contribution in [0.5, 0.6) is 0 Å². The van der Waals surface area contributed by atoms with Crippen molar-refractivity contribution in [1.29, 1.82) is 0 Å². The summed E-state index contributed by atoms with van der Waals surface area (Å²) in [5, 5.41) is 0. The Morgan fingerprint density at radius 1 is 1.12 bits per heavy atom. The molecule has 2 aliphatic rings. The Kier molecular flexibility index (Phi) is 2.88. The number of alkyl halides is 3. The van der Waals surface area contributed by atoms with Crippen molar-refractivity contribution < 1.29 is 13.2 Å². The van der Waals surface area contributed by atoms with Gasteiger partial charge >= 0.3 is 6.18 Å². The predicted octanol–water partition coefficient (Wildman–Crippen LogP) is 3.02. The van der Waals surface area contributed by atoms with Gasteiger partial charge in [0.25, 0.3) is 0 Å². The van der Waals surface area contributed by atoms with Crippen molar-refractivity contribution in [3.8, 4) is 0 Å². The lowest BCUT2D eigenvalue weighted by molar-refractivity contribution is -0.155. The van der Waals surface area contributed by atoms with Crippen LogP contribution in [0.4, 0.5) is 13.2 Å². The Balaban J connectivity index is 2.06. The number of aliphatic imine (C=N–C) groups is 1. The highest BCUT2D eigenvalue weighted by molar-refractivity contribution is 5.83. The summed E-state index contributed by atoms with van der Waals surface area (Å²) in [6.45, 7) is 0. The average molecular weight is 234 g/mol. The first kappa shape index (κ1) is 11.7.